The van der Waals surface area contributed by atoms with Gasteiger partial charge in [-0.2, -0.15) is 0 Å². The molecule has 0 aliphatic carbocycles. The molecule has 596 valence electrons. The van der Waals surface area contributed by atoms with E-state index in [4.69, 9.17) is 74.4 Å². The van der Waals surface area contributed by atoms with Gasteiger partial charge in [-0.05, 0) is 85.4 Å². The van der Waals surface area contributed by atoms with Gasteiger partial charge in [-0.15, -0.1) is 0 Å². The lowest BCUT2D eigenvalue weighted by Gasteiger charge is -2.47. The first kappa shape index (κ1) is 94.3. The molecule has 2 aromatic heterocycles. The molecule has 1 aliphatic heterocycles. The Hall–Kier alpha value is -3.87. The average Bonchev–Trinajstić information content (AvgIpc) is 1.09. The number of allylic oxidation sites excluding steroid dienone is 4. The van der Waals surface area contributed by atoms with E-state index in [0.29, 0.717) is 48.9 Å². The summed E-state index contributed by atoms with van der Waals surface area (Å²) < 4.78 is 91.9. The molecule has 104 heavy (non-hydrogen) atoms. The molecule has 0 saturated carbocycles. The number of esters is 2. The number of hydrogen-bond acceptors (Lipinski definition) is 20. The van der Waals surface area contributed by atoms with Gasteiger partial charge >= 0.3 is 11.9 Å². The van der Waals surface area contributed by atoms with Crippen molar-refractivity contribution in [3.05, 3.63) is 84.3 Å². The summed E-state index contributed by atoms with van der Waals surface area (Å²) in [5.41, 5.74) is -0.695. The summed E-state index contributed by atoms with van der Waals surface area (Å²) in [6, 6.07) is 0. The van der Waals surface area contributed by atoms with E-state index in [9.17, 15) is 9.59 Å². The number of oxazole rings is 2. The molecule has 0 N–H and O–H groups in total. The van der Waals surface area contributed by atoms with Gasteiger partial charge in [0.05, 0.1) is 61.7 Å². The Kier molecular flexibility index (Phi) is 36.4. The van der Waals surface area contributed by atoms with Crippen molar-refractivity contribution >= 4 is 57.8 Å². The number of rotatable bonds is 22. The maximum Gasteiger partial charge on any atom is 0.308 e. The third kappa shape index (κ3) is 27.9. The van der Waals surface area contributed by atoms with Crippen LogP contribution in [0.25, 0.3) is 0 Å². The molecule has 0 fully saturated rings. The van der Waals surface area contributed by atoms with Gasteiger partial charge in [-0.3, -0.25) is 9.59 Å². The van der Waals surface area contributed by atoms with Crippen LogP contribution in [0.15, 0.2) is 70.0 Å². The zero-order valence-electron chi connectivity index (χ0n) is 70.3. The number of carbonyl (C=O) groups is 4. The summed E-state index contributed by atoms with van der Waals surface area (Å²) >= 11 is 0. The van der Waals surface area contributed by atoms with Gasteiger partial charge in [0, 0.05) is 104 Å². The van der Waals surface area contributed by atoms with Gasteiger partial charge < -0.3 is 74.0 Å². The fourth-order valence-electron chi connectivity index (χ4n) is 11.5. The molecular weight excluding hydrogens is 1390 g/mol. The highest BCUT2D eigenvalue weighted by atomic mass is 28.4. The Morgan fingerprint density at radius 1 is 0.481 bits per heavy atom. The van der Waals surface area contributed by atoms with E-state index in [2.05, 4.69) is 135 Å². The predicted octanol–water partition coefficient (Wildman–Crippen LogP) is 18.3. The Morgan fingerprint density at radius 2 is 0.788 bits per heavy atom. The van der Waals surface area contributed by atoms with Gasteiger partial charge in [-0.25, -0.2) is 9.97 Å². The molecule has 0 unspecified atom stereocenters. The largest absolute Gasteiger partial charge is 0.462 e. The molecule has 1 aliphatic rings. The van der Waals surface area contributed by atoms with E-state index < -0.39 is 141 Å². The molecule has 0 saturated heterocycles. The van der Waals surface area contributed by atoms with E-state index in [0.717, 1.165) is 12.6 Å². The van der Waals surface area contributed by atoms with Crippen LogP contribution in [0.3, 0.4) is 0 Å². The molecular formula is C80H142N2O18Si4. The molecule has 24 heteroatoms. The second-order valence-electron chi connectivity index (χ2n) is 36.1. The number of fused-ring (bicyclic) bond motifs is 4. The van der Waals surface area contributed by atoms with Crippen molar-refractivity contribution < 1.29 is 83.6 Å². The Bertz CT molecular complexity index is 2850. The quantitative estimate of drug-likeness (QED) is 0.0606. The summed E-state index contributed by atoms with van der Waals surface area (Å²) in [7, 11) is -0.526. The molecule has 3 heterocycles. The van der Waals surface area contributed by atoms with Crippen LogP contribution in [-0.4, -0.2) is 171 Å². The highest BCUT2D eigenvalue weighted by Crippen LogP contribution is 2.47. The van der Waals surface area contributed by atoms with Crippen molar-refractivity contribution in [2.45, 2.75) is 335 Å². The topological polar surface area (TPSA) is 231 Å². The minimum Gasteiger partial charge on any atom is -0.462 e. The van der Waals surface area contributed by atoms with Crippen molar-refractivity contribution in [1.82, 2.24) is 9.97 Å². The lowest BCUT2D eigenvalue weighted by molar-refractivity contribution is -0.168. The SMILES string of the molecule is CO[C@H]1C/C=C/C=C/[C@H](OC)C[C@H](O[Si](C)(C)C(C)(C)C)CC(=O)O[C@@H](C[C@H](OC)[C@@H](C)C=O)C(C)(C)[C@@H](O[Si](C)(C)C(C)(C)C)Cc2nc(co2)[C@@H](OC)C/C=C/C=C/[C@H](OC)C[C@H](O[Si](C)(C)C(C)(C)C)CC(=O)O[C@@H](C[C@H](OC)[C@@H](C)C=O)C(C)(C)[C@@H](O[Si](C)(C)C(C)(C)C)Cc2nc1co2. The first-order valence-corrected chi connectivity index (χ1v) is 49.2. The van der Waals surface area contributed by atoms with Crippen LogP contribution in [0.1, 0.15) is 211 Å². The number of carbonyl (C=O) groups excluding carboxylic acids is 4. The number of aromatic nitrogens is 2. The number of cyclic esters (lactones) is 2. The normalized spacial score (nSPS) is 27.0. The minimum atomic E-state index is -2.60. The first-order chi connectivity index (χ1) is 47.8. The zero-order valence-corrected chi connectivity index (χ0v) is 74.3. The van der Waals surface area contributed by atoms with Crippen LogP contribution in [0.4, 0.5) is 0 Å². The summed E-state index contributed by atoms with van der Waals surface area (Å²) in [5, 5.41) is -0.823. The predicted molar refractivity (Wildman–Crippen MR) is 423 cm³/mol. The molecule has 2 aromatic rings. The average molecular weight is 1530 g/mol. The van der Waals surface area contributed by atoms with E-state index in [1.54, 1.807) is 69.0 Å². The lowest BCUT2D eigenvalue weighted by Crippen LogP contribution is -2.53. The molecule has 20 nitrogen and oxygen atoms in total. The molecule has 4 bridgehead atoms. The van der Waals surface area contributed by atoms with Crippen LogP contribution in [-0.2, 0) is 87.6 Å². The third-order valence-electron chi connectivity index (χ3n) is 23.3. The van der Waals surface area contributed by atoms with Crippen molar-refractivity contribution in [2.75, 3.05) is 42.7 Å². The van der Waals surface area contributed by atoms with Crippen LogP contribution in [0.5, 0.6) is 0 Å². The van der Waals surface area contributed by atoms with E-state index in [1.807, 2.05) is 76.3 Å². The van der Waals surface area contributed by atoms with E-state index in [1.165, 1.54) is 0 Å². The third-order valence-corrected chi connectivity index (χ3v) is 41.3. The second-order valence-corrected chi connectivity index (χ2v) is 55.1. The Labute approximate surface area is 632 Å². The molecule has 0 amide bonds. The monoisotopic (exact) mass is 1530 g/mol. The standard InChI is InChI=1S/C80H142N2O18Si4/c1-55(51-83)65(91-23)47-67-79(15,16)69(99-103(29,30)77(9,10)11)49-71-81-61(53-93-71)63(89-21)41-37-34-36-40-58(88-20)44-60(98-102(27,28)76(6,7)8)46-74(86)96-68(48-66(92-24)56(2)52-84)80(17,18)70(100-104(31,32)78(12,13)14)50-72-82-62(54-94-72)64(90-22)42-38-33-35-39-57(87-19)43-59(45-73(85)95-67)97-101(25,26)75(3,4)5/h33-40,51-60,63-70H,41-50H2,1-32H3/b37-34+,38-33+,39-35+,40-36+/t55-,56-,57-,58-,59-,60-,63-,64-,65-,66-,67-,68-,69-,70-/m0/s1. The van der Waals surface area contributed by atoms with Gasteiger partial charge in [0.1, 0.15) is 60.9 Å². The van der Waals surface area contributed by atoms with Crippen LogP contribution < -0.4 is 0 Å². The van der Waals surface area contributed by atoms with Crippen LogP contribution in [0, 0.1) is 22.7 Å². The maximum absolute atomic E-state index is 15.1. The molecule has 14 atom stereocenters. The van der Waals surface area contributed by atoms with Crippen molar-refractivity contribution in [2.24, 2.45) is 22.7 Å². The van der Waals surface area contributed by atoms with Gasteiger partial charge in [0.25, 0.3) is 0 Å². The minimum absolute atomic E-state index is 0.0817. The Balaban J connectivity index is 2.40. The van der Waals surface area contributed by atoms with Crippen molar-refractivity contribution in [3.63, 3.8) is 0 Å². The van der Waals surface area contributed by atoms with E-state index >= 15 is 9.59 Å². The van der Waals surface area contributed by atoms with Crippen molar-refractivity contribution in [3.8, 4) is 0 Å². The van der Waals surface area contributed by atoms with Gasteiger partial charge in [-0.1, -0.05) is 173 Å². The van der Waals surface area contributed by atoms with Crippen molar-refractivity contribution in [1.29, 1.82) is 0 Å². The number of methoxy groups -OCH3 is 6. The van der Waals surface area contributed by atoms with Crippen LogP contribution in [0.2, 0.25) is 72.5 Å². The zero-order chi connectivity index (χ0) is 79.4. The smallest absolute Gasteiger partial charge is 0.308 e. The molecule has 3 rings (SSSR count). The highest BCUT2D eigenvalue weighted by Gasteiger charge is 2.51. The maximum atomic E-state index is 15.1. The second kappa shape index (κ2) is 40.2. The summed E-state index contributed by atoms with van der Waals surface area (Å²) in [5.74, 6) is -1.15. The number of ether oxygens (including phenoxy) is 8. The summed E-state index contributed by atoms with van der Waals surface area (Å²) in [4.78, 5) is 65.3. The number of aldehydes is 2. The number of nitrogens with zero attached hydrogens (tertiary/aromatic N) is 2. The fourth-order valence-corrected chi connectivity index (χ4v) is 17.1. The summed E-state index contributed by atoms with van der Waals surface area (Å²) in [6.07, 6.45) is 15.6. The van der Waals surface area contributed by atoms with Crippen LogP contribution >= 0.6 is 0 Å². The van der Waals surface area contributed by atoms with Gasteiger partial charge in [0.2, 0.25) is 0 Å². The molecule has 0 radical (unpaired) electrons. The lowest BCUT2D eigenvalue weighted by atomic mass is 9.76. The molecule has 0 spiro atoms. The first-order valence-electron chi connectivity index (χ1n) is 37.6. The fraction of sp³-hybridized carbons (Fsp3) is 0.775. The van der Waals surface area contributed by atoms with E-state index in [-0.39, 0.29) is 58.7 Å². The van der Waals surface area contributed by atoms with Gasteiger partial charge in [0.15, 0.2) is 45.1 Å². The highest BCUT2D eigenvalue weighted by molar-refractivity contribution is 6.75. The number of hydrogen-bond donors (Lipinski definition) is 0. The molecule has 0 aromatic carbocycles. The Morgan fingerprint density at radius 3 is 1.06 bits per heavy atom. The summed E-state index contributed by atoms with van der Waals surface area (Å²) in [6.45, 7) is 55.3.